The maximum atomic E-state index is 12.3. The summed E-state index contributed by atoms with van der Waals surface area (Å²) in [4.78, 5) is 16.7. The molecule has 0 aliphatic carbocycles. The molecule has 0 radical (unpaired) electrons. The first-order valence-electron chi connectivity index (χ1n) is 10.5. The molecule has 0 aliphatic rings. The van der Waals surface area contributed by atoms with Gasteiger partial charge in [0.2, 0.25) is 0 Å². The fourth-order valence-electron chi connectivity index (χ4n) is 3.49. The van der Waals surface area contributed by atoms with E-state index in [4.69, 9.17) is 5.73 Å². The van der Waals surface area contributed by atoms with Crippen LogP contribution in [0.4, 0.5) is 4.79 Å². The molecule has 4 N–H and O–H groups in total. The zero-order valence-electron chi connectivity index (χ0n) is 18.6. The van der Waals surface area contributed by atoms with Gasteiger partial charge in [-0.15, -0.1) is 0 Å². The van der Waals surface area contributed by atoms with Crippen LogP contribution in [0.25, 0.3) is 5.69 Å². The first kappa shape index (κ1) is 23.5. The molecule has 0 saturated carbocycles. The maximum Gasteiger partial charge on any atom is 0.328 e. The minimum atomic E-state index is -3.94. The highest BCUT2D eigenvalue weighted by atomic mass is 32.2. The molecule has 32 heavy (non-hydrogen) atoms. The minimum absolute atomic E-state index is 0.0113. The van der Waals surface area contributed by atoms with Crippen LogP contribution in [-0.2, 0) is 29.4 Å². The summed E-state index contributed by atoms with van der Waals surface area (Å²) in [6.45, 7) is 6.71. The third-order valence-electron chi connectivity index (χ3n) is 5.13. The van der Waals surface area contributed by atoms with Crippen molar-refractivity contribution >= 4 is 16.1 Å². The summed E-state index contributed by atoms with van der Waals surface area (Å²) in [7, 11) is -3.94. The number of urea groups is 1. The van der Waals surface area contributed by atoms with Crippen LogP contribution in [0.5, 0.6) is 0 Å². The molecule has 2 amide bonds. The zero-order valence-corrected chi connectivity index (χ0v) is 19.4. The third-order valence-corrected chi connectivity index (χ3v) is 6.48. The Kier molecular flexibility index (Phi) is 7.32. The molecule has 0 saturated heterocycles. The number of benzene rings is 2. The van der Waals surface area contributed by atoms with Crippen molar-refractivity contribution in [1.29, 1.82) is 0 Å². The maximum absolute atomic E-state index is 12.3. The second-order valence-corrected chi connectivity index (χ2v) is 9.28. The van der Waals surface area contributed by atoms with Crippen LogP contribution < -0.4 is 15.8 Å². The van der Waals surface area contributed by atoms with Gasteiger partial charge in [0.1, 0.15) is 5.82 Å². The summed E-state index contributed by atoms with van der Waals surface area (Å²) < 4.78 is 28.8. The van der Waals surface area contributed by atoms with Gasteiger partial charge in [0.25, 0.3) is 10.0 Å². The lowest BCUT2D eigenvalue weighted by atomic mass is 10.1. The van der Waals surface area contributed by atoms with Gasteiger partial charge < -0.3 is 15.6 Å². The quantitative estimate of drug-likeness (QED) is 0.483. The number of hydrogen-bond donors (Lipinski definition) is 3. The monoisotopic (exact) mass is 455 g/mol. The smallest absolute Gasteiger partial charge is 0.328 e. The van der Waals surface area contributed by atoms with E-state index in [0.29, 0.717) is 19.5 Å². The van der Waals surface area contributed by atoms with Crippen molar-refractivity contribution < 1.29 is 13.2 Å². The molecule has 0 atom stereocenters. The van der Waals surface area contributed by atoms with E-state index in [0.717, 1.165) is 40.3 Å². The van der Waals surface area contributed by atoms with Gasteiger partial charge in [-0.25, -0.2) is 22.9 Å². The molecule has 1 heterocycles. The Balaban J connectivity index is 1.57. The average molecular weight is 456 g/mol. The summed E-state index contributed by atoms with van der Waals surface area (Å²) in [6, 6.07) is 11.4. The molecule has 3 aromatic rings. The Bertz CT molecular complexity index is 1200. The number of aromatic nitrogens is 2. The molecule has 9 heteroatoms. The number of imidazole rings is 1. The van der Waals surface area contributed by atoms with Gasteiger partial charge in [0.05, 0.1) is 10.6 Å². The van der Waals surface area contributed by atoms with Crippen molar-refractivity contribution in [2.75, 3.05) is 6.54 Å². The van der Waals surface area contributed by atoms with Crippen LogP contribution >= 0.6 is 0 Å². The number of nitrogens with one attached hydrogen (secondary N) is 2. The van der Waals surface area contributed by atoms with Crippen molar-refractivity contribution in [3.8, 4) is 5.69 Å². The van der Waals surface area contributed by atoms with Crippen LogP contribution in [-0.4, -0.2) is 30.5 Å². The molecule has 0 fully saturated rings. The Hall–Kier alpha value is -3.17. The topological polar surface area (TPSA) is 119 Å². The second-order valence-electron chi connectivity index (χ2n) is 7.60. The Morgan fingerprint density at radius 1 is 1.09 bits per heavy atom. The van der Waals surface area contributed by atoms with E-state index < -0.39 is 16.1 Å². The van der Waals surface area contributed by atoms with Crippen molar-refractivity contribution in [2.45, 2.75) is 45.1 Å². The van der Waals surface area contributed by atoms with E-state index >= 15 is 0 Å². The molecule has 0 aliphatic heterocycles. The lowest BCUT2D eigenvalue weighted by molar-refractivity contribution is 0.246. The Labute approximate surface area is 188 Å². The number of nitrogens with zero attached hydrogens (tertiary/aromatic N) is 2. The summed E-state index contributed by atoms with van der Waals surface area (Å²) in [5.74, 6) is 1.01. The van der Waals surface area contributed by atoms with Gasteiger partial charge in [-0.3, -0.25) is 0 Å². The van der Waals surface area contributed by atoms with Gasteiger partial charge in [-0.1, -0.05) is 31.2 Å². The van der Waals surface area contributed by atoms with Gasteiger partial charge in [0.15, 0.2) is 0 Å². The number of amides is 2. The number of carbonyl (C=O) groups excluding carboxylic acids is 1. The number of hydrogen-bond acceptors (Lipinski definition) is 5. The van der Waals surface area contributed by atoms with Crippen molar-refractivity contribution in [1.82, 2.24) is 19.6 Å². The molecule has 8 nitrogen and oxygen atoms in total. The van der Waals surface area contributed by atoms with E-state index in [1.807, 2.05) is 36.9 Å². The Morgan fingerprint density at radius 2 is 1.78 bits per heavy atom. The van der Waals surface area contributed by atoms with Crippen LogP contribution in [0.15, 0.2) is 53.6 Å². The van der Waals surface area contributed by atoms with Crippen molar-refractivity contribution in [2.24, 2.45) is 5.73 Å². The molecule has 3 rings (SSSR count). The van der Waals surface area contributed by atoms with Gasteiger partial charge in [-0.05, 0) is 55.2 Å². The highest BCUT2D eigenvalue weighted by Crippen LogP contribution is 2.19. The fourth-order valence-corrected chi connectivity index (χ4v) is 4.42. The van der Waals surface area contributed by atoms with Crippen molar-refractivity contribution in [3.05, 3.63) is 76.9 Å². The number of carbonyl (C=O) groups is 1. The van der Waals surface area contributed by atoms with E-state index in [2.05, 4.69) is 27.9 Å². The number of rotatable bonds is 8. The fraction of sp³-hybridized carbons (Fsp3) is 0.304. The highest BCUT2D eigenvalue weighted by Gasteiger charge is 2.17. The Morgan fingerprint density at radius 3 is 2.41 bits per heavy atom. The van der Waals surface area contributed by atoms with Gasteiger partial charge in [-0.2, -0.15) is 0 Å². The molecule has 1 aromatic heterocycles. The lowest BCUT2D eigenvalue weighted by Crippen LogP contribution is -2.40. The number of sulfonamides is 1. The van der Waals surface area contributed by atoms with Gasteiger partial charge >= 0.3 is 6.03 Å². The van der Waals surface area contributed by atoms with E-state index in [1.165, 1.54) is 12.1 Å². The van der Waals surface area contributed by atoms with Crippen molar-refractivity contribution in [3.63, 3.8) is 0 Å². The zero-order chi connectivity index (χ0) is 23.3. The SMILES string of the molecule is CCc1nc(C)cn1-c1ccc(CCNC(=O)NS(=O)(=O)c2ccc(CN)cc2)cc1C. The first-order chi connectivity index (χ1) is 15.2. The molecular weight excluding hydrogens is 426 g/mol. The molecule has 2 aromatic carbocycles. The lowest BCUT2D eigenvalue weighted by Gasteiger charge is -2.12. The number of nitrogens with two attached hydrogens (primary N) is 1. The molecule has 0 spiro atoms. The molecular formula is C23H29N5O3S. The second kappa shape index (κ2) is 9.97. The molecule has 0 bridgehead atoms. The molecule has 0 unspecified atom stereocenters. The van der Waals surface area contributed by atoms with Gasteiger partial charge in [0, 0.05) is 31.4 Å². The standard InChI is InChI=1S/C23H29N5O3S/c1-4-22-26-17(3)15-28(22)21-10-7-18(13-16(21)2)11-12-25-23(29)27-32(30,31)20-8-5-19(14-24)6-9-20/h5-10,13,15H,4,11-12,14,24H2,1-3H3,(H2,25,27,29). The summed E-state index contributed by atoms with van der Waals surface area (Å²) in [5, 5.41) is 2.60. The largest absolute Gasteiger partial charge is 0.337 e. The summed E-state index contributed by atoms with van der Waals surface area (Å²) in [6.07, 6.45) is 3.44. The third kappa shape index (κ3) is 5.54. The van der Waals surface area contributed by atoms with Crippen LogP contribution in [0.3, 0.4) is 0 Å². The first-order valence-corrected chi connectivity index (χ1v) is 12.0. The predicted octanol–water partition coefficient (Wildman–Crippen LogP) is 2.74. The highest BCUT2D eigenvalue weighted by molar-refractivity contribution is 7.90. The van der Waals surface area contributed by atoms with Crippen LogP contribution in [0.2, 0.25) is 0 Å². The summed E-state index contributed by atoms with van der Waals surface area (Å²) in [5.41, 5.74) is 10.5. The normalized spacial score (nSPS) is 11.4. The summed E-state index contributed by atoms with van der Waals surface area (Å²) >= 11 is 0. The average Bonchev–Trinajstić information content (AvgIpc) is 3.14. The molecule has 170 valence electrons. The van der Waals surface area contributed by atoms with E-state index in [-0.39, 0.29) is 4.90 Å². The van der Waals surface area contributed by atoms with Crippen LogP contribution in [0.1, 0.15) is 35.1 Å². The predicted molar refractivity (Wildman–Crippen MR) is 124 cm³/mol. The van der Waals surface area contributed by atoms with E-state index in [9.17, 15) is 13.2 Å². The van der Waals surface area contributed by atoms with Crippen LogP contribution in [0, 0.1) is 13.8 Å². The minimum Gasteiger partial charge on any atom is -0.337 e. The van der Waals surface area contributed by atoms with E-state index in [1.54, 1.807) is 12.1 Å². The number of aryl methyl sites for hydroxylation is 3.